The third-order valence-corrected chi connectivity index (χ3v) is 3.10. The molecule has 0 unspecified atom stereocenters. The number of rotatable bonds is 6. The molecule has 0 bridgehead atoms. The minimum Gasteiger partial charge on any atom is -0.495 e. The van der Waals surface area contributed by atoms with E-state index in [9.17, 15) is 4.79 Å². The van der Waals surface area contributed by atoms with Crippen molar-refractivity contribution < 1.29 is 9.53 Å². The van der Waals surface area contributed by atoms with Crippen molar-refractivity contribution in [2.45, 2.75) is 33.1 Å². The van der Waals surface area contributed by atoms with Crippen molar-refractivity contribution in [3.05, 3.63) is 28.3 Å². The molecule has 0 aliphatic carbocycles. The van der Waals surface area contributed by atoms with Crippen LogP contribution in [0, 0.1) is 6.92 Å². The van der Waals surface area contributed by atoms with Crippen LogP contribution >= 0.6 is 11.6 Å². The largest absolute Gasteiger partial charge is 0.495 e. The summed E-state index contributed by atoms with van der Waals surface area (Å²) in [5.41, 5.74) is 2.26. The van der Waals surface area contributed by atoms with Crippen molar-refractivity contribution >= 4 is 17.5 Å². The van der Waals surface area contributed by atoms with E-state index >= 15 is 0 Å². The minimum absolute atomic E-state index is 0.106. The number of benzene rings is 1. The second-order valence-electron chi connectivity index (χ2n) is 4.26. The van der Waals surface area contributed by atoms with E-state index in [1.807, 2.05) is 26.0 Å². The van der Waals surface area contributed by atoms with E-state index in [-0.39, 0.29) is 5.91 Å². The number of amides is 1. The van der Waals surface area contributed by atoms with Crippen molar-refractivity contribution in [1.29, 1.82) is 0 Å². The first-order valence-electron chi connectivity index (χ1n) is 6.18. The summed E-state index contributed by atoms with van der Waals surface area (Å²) < 4.78 is 5.15. The highest BCUT2D eigenvalue weighted by molar-refractivity contribution is 6.32. The van der Waals surface area contributed by atoms with Gasteiger partial charge in [0.1, 0.15) is 5.75 Å². The Morgan fingerprint density at radius 3 is 2.78 bits per heavy atom. The van der Waals surface area contributed by atoms with E-state index in [2.05, 4.69) is 5.32 Å². The summed E-state index contributed by atoms with van der Waals surface area (Å²) in [7, 11) is 1.60. The minimum atomic E-state index is 0.106. The number of methoxy groups -OCH3 is 1. The zero-order chi connectivity index (χ0) is 13.5. The Morgan fingerprint density at radius 1 is 1.44 bits per heavy atom. The molecule has 3 nitrogen and oxygen atoms in total. The number of ether oxygens (including phenoxy) is 1. The van der Waals surface area contributed by atoms with Gasteiger partial charge in [-0.15, -0.1) is 0 Å². The SMILES string of the molecule is CCCC(=O)NCCc1cc(Cl)c(OC)cc1C. The molecule has 1 aromatic rings. The molecule has 0 aromatic heterocycles. The molecule has 1 aromatic carbocycles. The molecule has 0 heterocycles. The van der Waals surface area contributed by atoms with Crippen molar-refractivity contribution in [3.63, 3.8) is 0 Å². The van der Waals surface area contributed by atoms with Gasteiger partial charge in [0, 0.05) is 13.0 Å². The summed E-state index contributed by atoms with van der Waals surface area (Å²) in [6.07, 6.45) is 2.24. The van der Waals surface area contributed by atoms with E-state index in [1.165, 1.54) is 0 Å². The van der Waals surface area contributed by atoms with Crippen LogP contribution in [0.3, 0.4) is 0 Å². The fourth-order valence-corrected chi connectivity index (χ4v) is 2.04. The standard InChI is InChI=1S/C14H20ClNO2/c1-4-5-14(17)16-7-6-11-9-12(15)13(18-3)8-10(11)2/h8-9H,4-7H2,1-3H3,(H,16,17). The molecule has 0 spiro atoms. The number of hydrogen-bond donors (Lipinski definition) is 1. The quantitative estimate of drug-likeness (QED) is 0.862. The van der Waals surface area contributed by atoms with Crippen molar-refractivity contribution in [3.8, 4) is 5.75 Å². The van der Waals surface area contributed by atoms with E-state index in [0.717, 1.165) is 24.0 Å². The van der Waals surface area contributed by atoms with Gasteiger partial charge in [-0.25, -0.2) is 0 Å². The molecule has 1 rings (SSSR count). The first-order valence-corrected chi connectivity index (χ1v) is 6.56. The predicted molar refractivity (Wildman–Crippen MR) is 74.4 cm³/mol. The maximum Gasteiger partial charge on any atom is 0.219 e. The van der Waals surface area contributed by atoms with Gasteiger partial charge in [-0.05, 0) is 43.0 Å². The average molecular weight is 270 g/mol. The van der Waals surface area contributed by atoms with Crippen molar-refractivity contribution in [1.82, 2.24) is 5.32 Å². The molecule has 1 amide bonds. The lowest BCUT2D eigenvalue weighted by molar-refractivity contribution is -0.121. The topological polar surface area (TPSA) is 38.3 Å². The van der Waals surface area contributed by atoms with Crippen LogP contribution in [0.25, 0.3) is 0 Å². The number of carbonyl (C=O) groups excluding carboxylic acids is 1. The van der Waals surface area contributed by atoms with Crippen LogP contribution < -0.4 is 10.1 Å². The highest BCUT2D eigenvalue weighted by atomic mass is 35.5. The van der Waals surface area contributed by atoms with Crippen molar-refractivity contribution in [2.24, 2.45) is 0 Å². The van der Waals surface area contributed by atoms with Crippen molar-refractivity contribution in [2.75, 3.05) is 13.7 Å². The molecule has 4 heteroatoms. The smallest absolute Gasteiger partial charge is 0.219 e. The van der Waals surface area contributed by atoms with Gasteiger partial charge in [0.05, 0.1) is 12.1 Å². The zero-order valence-corrected chi connectivity index (χ0v) is 11.9. The summed E-state index contributed by atoms with van der Waals surface area (Å²) in [6, 6.07) is 3.83. The molecule has 0 fully saturated rings. The van der Waals surface area contributed by atoms with Crippen LogP contribution in [0.15, 0.2) is 12.1 Å². The van der Waals surface area contributed by atoms with E-state index in [0.29, 0.717) is 23.7 Å². The van der Waals surface area contributed by atoms with Gasteiger partial charge in [-0.1, -0.05) is 18.5 Å². The molecular formula is C14H20ClNO2. The van der Waals surface area contributed by atoms with Gasteiger partial charge >= 0.3 is 0 Å². The number of aryl methyl sites for hydroxylation is 1. The number of hydrogen-bond acceptors (Lipinski definition) is 2. The normalized spacial score (nSPS) is 10.2. The molecular weight excluding hydrogens is 250 g/mol. The lowest BCUT2D eigenvalue weighted by atomic mass is 10.1. The molecule has 18 heavy (non-hydrogen) atoms. The highest BCUT2D eigenvalue weighted by Crippen LogP contribution is 2.27. The highest BCUT2D eigenvalue weighted by Gasteiger charge is 2.06. The Morgan fingerprint density at radius 2 is 2.17 bits per heavy atom. The first kappa shape index (κ1) is 14.8. The fourth-order valence-electron chi connectivity index (χ4n) is 1.77. The molecule has 0 aliphatic rings. The molecule has 0 atom stereocenters. The summed E-state index contributed by atoms with van der Waals surface area (Å²) in [4.78, 5) is 11.3. The van der Waals surface area contributed by atoms with Gasteiger partial charge in [0.2, 0.25) is 5.91 Å². The Labute approximate surface area is 113 Å². The Balaban J connectivity index is 2.57. The molecule has 0 radical (unpaired) electrons. The second-order valence-corrected chi connectivity index (χ2v) is 4.67. The van der Waals surface area contributed by atoms with E-state index in [4.69, 9.17) is 16.3 Å². The van der Waals surface area contributed by atoms with E-state index in [1.54, 1.807) is 7.11 Å². The lowest BCUT2D eigenvalue weighted by Gasteiger charge is -2.10. The molecule has 1 N–H and O–H groups in total. The van der Waals surface area contributed by atoms with Gasteiger partial charge in [0.25, 0.3) is 0 Å². The fraction of sp³-hybridized carbons (Fsp3) is 0.500. The Hall–Kier alpha value is -1.22. The first-order chi connectivity index (χ1) is 8.58. The van der Waals surface area contributed by atoms with Crippen LogP contribution in [0.5, 0.6) is 5.75 Å². The average Bonchev–Trinajstić information content (AvgIpc) is 2.33. The van der Waals surface area contributed by atoms with Crippen LogP contribution in [0.2, 0.25) is 5.02 Å². The molecule has 0 aliphatic heterocycles. The van der Waals surface area contributed by atoms with Gasteiger partial charge in [-0.3, -0.25) is 4.79 Å². The lowest BCUT2D eigenvalue weighted by Crippen LogP contribution is -2.25. The Bertz CT molecular complexity index is 419. The van der Waals surface area contributed by atoms with Gasteiger partial charge in [0.15, 0.2) is 0 Å². The molecule has 0 saturated carbocycles. The maximum absolute atomic E-state index is 11.3. The van der Waals surface area contributed by atoms with Crippen LogP contribution in [-0.2, 0) is 11.2 Å². The summed E-state index contributed by atoms with van der Waals surface area (Å²) in [5, 5.41) is 3.50. The summed E-state index contributed by atoms with van der Waals surface area (Å²) >= 11 is 6.08. The Kier molecular flexibility index (Phi) is 5.99. The van der Waals surface area contributed by atoms with E-state index < -0.39 is 0 Å². The molecule has 0 saturated heterocycles. The van der Waals surface area contributed by atoms with Crippen LogP contribution in [0.1, 0.15) is 30.9 Å². The zero-order valence-electron chi connectivity index (χ0n) is 11.2. The monoisotopic (exact) mass is 269 g/mol. The number of nitrogens with one attached hydrogen (secondary N) is 1. The second kappa shape index (κ2) is 7.27. The third kappa shape index (κ3) is 4.22. The number of halogens is 1. The summed E-state index contributed by atoms with van der Waals surface area (Å²) in [5.74, 6) is 0.794. The molecule has 100 valence electrons. The van der Waals surface area contributed by atoms with Crippen LogP contribution in [0.4, 0.5) is 0 Å². The third-order valence-electron chi connectivity index (χ3n) is 2.80. The van der Waals surface area contributed by atoms with Crippen LogP contribution in [-0.4, -0.2) is 19.6 Å². The maximum atomic E-state index is 11.3. The number of carbonyl (C=O) groups is 1. The van der Waals surface area contributed by atoms with Gasteiger partial charge in [-0.2, -0.15) is 0 Å². The predicted octanol–water partition coefficient (Wildman–Crippen LogP) is 3.12. The summed E-state index contributed by atoms with van der Waals surface area (Å²) in [6.45, 7) is 4.65. The van der Waals surface area contributed by atoms with Gasteiger partial charge < -0.3 is 10.1 Å².